The lowest BCUT2D eigenvalue weighted by molar-refractivity contribution is -0.131. The van der Waals surface area contributed by atoms with Gasteiger partial charge in [0.15, 0.2) is 5.78 Å². The van der Waals surface area contributed by atoms with Gasteiger partial charge in [0.25, 0.3) is 0 Å². The second-order valence-electron chi connectivity index (χ2n) is 10.2. The van der Waals surface area contributed by atoms with Crippen LogP contribution in [0.2, 0.25) is 0 Å². The summed E-state index contributed by atoms with van der Waals surface area (Å²) in [5, 5.41) is 5.72. The minimum Gasteiger partial charge on any atom is -0.377 e. The van der Waals surface area contributed by atoms with E-state index in [-0.39, 0.29) is 68.6 Å². The van der Waals surface area contributed by atoms with Gasteiger partial charge in [0, 0.05) is 25.3 Å². The Hall–Kier alpha value is -3.62. The fraction of sp³-hybridized carbons (Fsp3) is 0.438. The molecule has 0 bridgehead atoms. The van der Waals surface area contributed by atoms with Gasteiger partial charge in [-0.25, -0.2) is 0 Å². The Morgan fingerprint density at radius 3 is 2.20 bits per heavy atom. The average molecular weight is 549 g/mol. The largest absolute Gasteiger partial charge is 0.377 e. The lowest BCUT2D eigenvalue weighted by Crippen LogP contribution is -2.44. The van der Waals surface area contributed by atoms with E-state index in [0.717, 1.165) is 11.1 Å². The molecule has 0 unspecified atom stereocenters. The number of carbonyl (C=O) groups is 4. The maximum atomic E-state index is 13.6. The first-order valence-electron chi connectivity index (χ1n) is 13.9. The molecular formula is C32H40N2O6. The fourth-order valence-electron chi connectivity index (χ4n) is 4.70. The van der Waals surface area contributed by atoms with E-state index < -0.39 is 12.0 Å². The number of allylic oxidation sites excluding steroid dienone is 2. The minimum absolute atomic E-state index is 0.0594. The van der Waals surface area contributed by atoms with Crippen LogP contribution in [-0.4, -0.2) is 62.4 Å². The van der Waals surface area contributed by atoms with Crippen molar-refractivity contribution in [2.24, 2.45) is 11.8 Å². The second-order valence-corrected chi connectivity index (χ2v) is 10.2. The molecule has 1 heterocycles. The predicted octanol–water partition coefficient (Wildman–Crippen LogP) is 3.24. The Labute approximate surface area is 236 Å². The van der Waals surface area contributed by atoms with Crippen LogP contribution in [0.4, 0.5) is 0 Å². The lowest BCUT2D eigenvalue weighted by atomic mass is 9.89. The third-order valence-corrected chi connectivity index (χ3v) is 6.69. The minimum atomic E-state index is -0.709. The summed E-state index contributed by atoms with van der Waals surface area (Å²) in [7, 11) is 0. The number of carbonyl (C=O) groups excluding carboxylic acids is 4. The van der Waals surface area contributed by atoms with E-state index in [2.05, 4.69) is 10.6 Å². The molecule has 2 aromatic carbocycles. The number of hydrogen-bond donors (Lipinski definition) is 2. The van der Waals surface area contributed by atoms with E-state index in [9.17, 15) is 19.2 Å². The van der Waals surface area contributed by atoms with Crippen LogP contribution in [0.15, 0.2) is 72.8 Å². The van der Waals surface area contributed by atoms with Crippen LogP contribution in [0.25, 0.3) is 0 Å². The first-order chi connectivity index (χ1) is 19.4. The van der Waals surface area contributed by atoms with Crippen molar-refractivity contribution in [3.63, 3.8) is 0 Å². The molecule has 1 aliphatic heterocycles. The normalized spacial score (nSPS) is 23.1. The molecule has 40 heavy (non-hydrogen) atoms. The SMILES string of the molecule is CC(=O)C[C@H]1C/C=C/[C@H](Cc2ccccc2)CC(=O)[C@H](Cc2ccccc2)NC(=O)COCCOCCNC1=O. The van der Waals surface area contributed by atoms with Crippen molar-refractivity contribution >= 4 is 23.4 Å². The Kier molecular flexibility index (Phi) is 13.3. The van der Waals surface area contributed by atoms with Crippen molar-refractivity contribution in [3.05, 3.63) is 83.9 Å². The topological polar surface area (TPSA) is 111 Å². The standard InChI is InChI=1S/C32H40N2O6/c1-24(35)19-28-14-8-13-27(20-25-9-4-2-5-10-25)22-30(36)29(21-26-11-6-3-7-12-26)34-31(37)23-40-18-17-39-16-15-33-32(28)38/h2-13,27-29H,14-23H2,1H3,(H,33,38)(H,34,37)/b13-8+/t27-,28-,29+/m1/s1. The molecule has 8 nitrogen and oxygen atoms in total. The van der Waals surface area contributed by atoms with Crippen LogP contribution in [-0.2, 0) is 41.5 Å². The number of amides is 2. The van der Waals surface area contributed by atoms with Crippen LogP contribution in [0.3, 0.4) is 0 Å². The summed E-state index contributed by atoms with van der Waals surface area (Å²) in [5.74, 6) is -1.36. The molecular weight excluding hydrogens is 508 g/mol. The number of Topliss-reactive ketones (excluding diaryl/α,β-unsaturated/α-hetero) is 2. The molecule has 0 fully saturated rings. The molecule has 0 aromatic heterocycles. The van der Waals surface area contributed by atoms with Gasteiger partial charge in [0.1, 0.15) is 12.4 Å². The molecule has 0 radical (unpaired) electrons. The molecule has 0 saturated carbocycles. The zero-order valence-corrected chi connectivity index (χ0v) is 23.2. The quantitative estimate of drug-likeness (QED) is 0.537. The maximum absolute atomic E-state index is 13.6. The van der Waals surface area contributed by atoms with Gasteiger partial charge in [-0.2, -0.15) is 0 Å². The van der Waals surface area contributed by atoms with Crippen molar-refractivity contribution < 1.29 is 28.7 Å². The number of hydrogen-bond acceptors (Lipinski definition) is 6. The van der Waals surface area contributed by atoms with Crippen molar-refractivity contribution in [1.82, 2.24) is 10.6 Å². The first-order valence-corrected chi connectivity index (χ1v) is 13.9. The van der Waals surface area contributed by atoms with Gasteiger partial charge in [0.05, 0.1) is 25.9 Å². The number of ketones is 2. The first kappa shape index (κ1) is 30.9. The van der Waals surface area contributed by atoms with Crippen LogP contribution in [0.1, 0.15) is 37.3 Å². The molecule has 0 saturated heterocycles. The Morgan fingerprint density at radius 2 is 1.52 bits per heavy atom. The van der Waals surface area contributed by atoms with Gasteiger partial charge in [-0.05, 0) is 43.2 Å². The van der Waals surface area contributed by atoms with Gasteiger partial charge < -0.3 is 24.9 Å². The van der Waals surface area contributed by atoms with Crippen molar-refractivity contribution in [3.8, 4) is 0 Å². The number of benzene rings is 2. The Bertz CT molecular complexity index is 1120. The summed E-state index contributed by atoms with van der Waals surface area (Å²) in [6, 6.07) is 18.8. The van der Waals surface area contributed by atoms with Gasteiger partial charge in [-0.15, -0.1) is 0 Å². The van der Waals surface area contributed by atoms with E-state index in [0.29, 0.717) is 25.8 Å². The maximum Gasteiger partial charge on any atom is 0.246 e. The van der Waals surface area contributed by atoms with Crippen LogP contribution in [0, 0.1) is 11.8 Å². The molecule has 2 N–H and O–H groups in total. The lowest BCUT2D eigenvalue weighted by Gasteiger charge is -2.21. The number of rotatable bonds is 6. The predicted molar refractivity (Wildman–Crippen MR) is 153 cm³/mol. The molecule has 0 aliphatic carbocycles. The zero-order valence-electron chi connectivity index (χ0n) is 23.2. The van der Waals surface area contributed by atoms with Crippen molar-refractivity contribution in [2.45, 2.75) is 45.1 Å². The summed E-state index contributed by atoms with van der Waals surface area (Å²) in [5.41, 5.74) is 2.03. The van der Waals surface area contributed by atoms with E-state index in [1.165, 1.54) is 6.92 Å². The highest BCUT2D eigenvalue weighted by molar-refractivity contribution is 5.90. The van der Waals surface area contributed by atoms with Crippen LogP contribution >= 0.6 is 0 Å². The number of ether oxygens (including phenoxy) is 2. The van der Waals surface area contributed by atoms with Gasteiger partial charge in [0.2, 0.25) is 11.8 Å². The monoisotopic (exact) mass is 548 g/mol. The third-order valence-electron chi connectivity index (χ3n) is 6.69. The smallest absolute Gasteiger partial charge is 0.246 e. The third kappa shape index (κ3) is 11.6. The molecule has 3 rings (SSSR count). The Balaban J connectivity index is 1.84. The van der Waals surface area contributed by atoms with Gasteiger partial charge >= 0.3 is 0 Å². The summed E-state index contributed by atoms with van der Waals surface area (Å²) < 4.78 is 10.9. The van der Waals surface area contributed by atoms with Gasteiger partial charge in [-0.3, -0.25) is 14.4 Å². The summed E-state index contributed by atoms with van der Waals surface area (Å²) in [6.07, 6.45) is 5.59. The highest BCUT2D eigenvalue weighted by Crippen LogP contribution is 2.19. The molecule has 2 aromatic rings. The van der Waals surface area contributed by atoms with E-state index in [1.54, 1.807) is 0 Å². The molecule has 2 amide bonds. The fourth-order valence-corrected chi connectivity index (χ4v) is 4.70. The molecule has 1 aliphatic rings. The van der Waals surface area contributed by atoms with Crippen molar-refractivity contribution in [2.75, 3.05) is 33.0 Å². The van der Waals surface area contributed by atoms with E-state index >= 15 is 0 Å². The molecule has 0 spiro atoms. The van der Waals surface area contributed by atoms with E-state index in [4.69, 9.17) is 9.47 Å². The molecule has 214 valence electrons. The average Bonchev–Trinajstić information content (AvgIpc) is 2.93. The number of nitrogens with one attached hydrogen (secondary N) is 2. The van der Waals surface area contributed by atoms with Crippen LogP contribution < -0.4 is 10.6 Å². The van der Waals surface area contributed by atoms with Gasteiger partial charge in [-0.1, -0.05) is 72.8 Å². The highest BCUT2D eigenvalue weighted by atomic mass is 16.5. The second kappa shape index (κ2) is 17.2. The molecule has 3 atom stereocenters. The zero-order chi connectivity index (χ0) is 28.6. The van der Waals surface area contributed by atoms with Crippen LogP contribution in [0.5, 0.6) is 0 Å². The highest BCUT2D eigenvalue weighted by Gasteiger charge is 2.24. The summed E-state index contributed by atoms with van der Waals surface area (Å²) in [6.45, 7) is 2.36. The van der Waals surface area contributed by atoms with Crippen molar-refractivity contribution in [1.29, 1.82) is 0 Å². The molecule has 8 heteroatoms. The Morgan fingerprint density at radius 1 is 0.875 bits per heavy atom. The summed E-state index contributed by atoms with van der Waals surface area (Å²) in [4.78, 5) is 51.0. The van der Waals surface area contributed by atoms with E-state index in [1.807, 2.05) is 72.8 Å². The summed E-state index contributed by atoms with van der Waals surface area (Å²) >= 11 is 0.